The Labute approximate surface area is 104 Å². The highest BCUT2D eigenvalue weighted by molar-refractivity contribution is 6.30. The van der Waals surface area contributed by atoms with Gasteiger partial charge in [0.15, 0.2) is 5.82 Å². The van der Waals surface area contributed by atoms with Crippen LogP contribution in [0, 0.1) is 18.3 Å². The standard InChI is InChI=1S/C12H9ClN4/c1-8-2-3-10(13)6-11(8)16-12-9(7-14)4-5-15-17-12/h2-6H,1H3,(H,16,17). The molecule has 1 N–H and O–H groups in total. The van der Waals surface area contributed by atoms with Crippen molar-refractivity contribution in [3.8, 4) is 6.07 Å². The number of halogens is 1. The molecule has 1 heterocycles. The summed E-state index contributed by atoms with van der Waals surface area (Å²) in [5.41, 5.74) is 2.28. The molecule has 0 aliphatic carbocycles. The molecule has 0 bridgehead atoms. The number of rotatable bonds is 2. The van der Waals surface area contributed by atoms with Gasteiger partial charge in [0.05, 0.1) is 11.8 Å². The highest BCUT2D eigenvalue weighted by Gasteiger charge is 2.06. The molecule has 0 aliphatic heterocycles. The van der Waals surface area contributed by atoms with Crippen LogP contribution in [0.15, 0.2) is 30.5 Å². The first kappa shape index (κ1) is 11.4. The molecule has 0 unspecified atom stereocenters. The summed E-state index contributed by atoms with van der Waals surface area (Å²) in [6.07, 6.45) is 1.48. The van der Waals surface area contributed by atoms with Crippen molar-refractivity contribution in [3.05, 3.63) is 46.6 Å². The van der Waals surface area contributed by atoms with Crippen LogP contribution in [0.3, 0.4) is 0 Å². The first-order chi connectivity index (χ1) is 8.20. The first-order valence-electron chi connectivity index (χ1n) is 4.95. The number of nitriles is 1. The highest BCUT2D eigenvalue weighted by Crippen LogP contribution is 2.24. The van der Waals surface area contributed by atoms with Gasteiger partial charge < -0.3 is 5.32 Å². The molecule has 0 amide bonds. The van der Waals surface area contributed by atoms with Crippen LogP contribution in [0.25, 0.3) is 0 Å². The zero-order valence-corrected chi connectivity index (χ0v) is 9.86. The van der Waals surface area contributed by atoms with Crippen molar-refractivity contribution in [2.45, 2.75) is 6.92 Å². The average Bonchev–Trinajstić information content (AvgIpc) is 2.34. The van der Waals surface area contributed by atoms with Gasteiger partial charge in [-0.15, -0.1) is 5.10 Å². The predicted octanol–water partition coefficient (Wildman–Crippen LogP) is 3.05. The Morgan fingerprint density at radius 1 is 1.35 bits per heavy atom. The fourth-order valence-corrected chi connectivity index (χ4v) is 1.54. The second-order valence-corrected chi connectivity index (χ2v) is 3.93. The second-order valence-electron chi connectivity index (χ2n) is 3.49. The maximum Gasteiger partial charge on any atom is 0.171 e. The third-order valence-electron chi connectivity index (χ3n) is 2.29. The van der Waals surface area contributed by atoms with E-state index in [9.17, 15) is 0 Å². The van der Waals surface area contributed by atoms with Gasteiger partial charge in [-0.3, -0.25) is 0 Å². The highest BCUT2D eigenvalue weighted by atomic mass is 35.5. The summed E-state index contributed by atoms with van der Waals surface area (Å²) < 4.78 is 0. The average molecular weight is 245 g/mol. The van der Waals surface area contributed by atoms with E-state index in [1.165, 1.54) is 6.20 Å². The Balaban J connectivity index is 2.38. The number of hydrogen-bond donors (Lipinski definition) is 1. The normalized spacial score (nSPS) is 9.71. The third-order valence-corrected chi connectivity index (χ3v) is 2.53. The lowest BCUT2D eigenvalue weighted by molar-refractivity contribution is 1.03. The van der Waals surface area contributed by atoms with Gasteiger partial charge in [0.1, 0.15) is 6.07 Å². The van der Waals surface area contributed by atoms with Crippen molar-refractivity contribution in [1.82, 2.24) is 10.2 Å². The van der Waals surface area contributed by atoms with Crippen LogP contribution in [-0.2, 0) is 0 Å². The van der Waals surface area contributed by atoms with E-state index < -0.39 is 0 Å². The molecule has 0 spiro atoms. The Kier molecular flexibility index (Phi) is 3.22. The molecule has 0 saturated heterocycles. The summed E-state index contributed by atoms with van der Waals surface area (Å²) >= 11 is 5.92. The van der Waals surface area contributed by atoms with Crippen molar-refractivity contribution in [3.63, 3.8) is 0 Å². The largest absolute Gasteiger partial charge is 0.337 e. The Hall–Kier alpha value is -2.12. The van der Waals surface area contributed by atoms with E-state index in [4.69, 9.17) is 16.9 Å². The molecule has 0 fully saturated rings. The quantitative estimate of drug-likeness (QED) is 0.882. The zero-order valence-electron chi connectivity index (χ0n) is 9.11. The Morgan fingerprint density at radius 3 is 2.94 bits per heavy atom. The lowest BCUT2D eigenvalue weighted by Gasteiger charge is -2.09. The molecule has 4 nitrogen and oxygen atoms in total. The number of nitrogens with one attached hydrogen (secondary N) is 1. The maximum absolute atomic E-state index is 8.94. The van der Waals surface area contributed by atoms with Gasteiger partial charge in [-0.05, 0) is 30.7 Å². The van der Waals surface area contributed by atoms with Gasteiger partial charge in [0.25, 0.3) is 0 Å². The van der Waals surface area contributed by atoms with Crippen LogP contribution in [-0.4, -0.2) is 10.2 Å². The van der Waals surface area contributed by atoms with Crippen LogP contribution in [0.1, 0.15) is 11.1 Å². The molecule has 0 radical (unpaired) electrons. The predicted molar refractivity (Wildman–Crippen MR) is 66.2 cm³/mol. The van der Waals surface area contributed by atoms with Crippen molar-refractivity contribution in [2.24, 2.45) is 0 Å². The fourth-order valence-electron chi connectivity index (χ4n) is 1.37. The summed E-state index contributed by atoms with van der Waals surface area (Å²) in [5.74, 6) is 0.431. The Morgan fingerprint density at radius 2 is 2.18 bits per heavy atom. The molecule has 1 aromatic heterocycles. The third kappa shape index (κ3) is 2.52. The summed E-state index contributed by atoms with van der Waals surface area (Å²) in [6, 6.07) is 9.15. The summed E-state index contributed by atoms with van der Waals surface area (Å²) in [4.78, 5) is 0. The molecule has 0 aliphatic rings. The zero-order chi connectivity index (χ0) is 12.3. The summed E-state index contributed by atoms with van der Waals surface area (Å²) in [7, 11) is 0. The number of aromatic nitrogens is 2. The van der Waals surface area contributed by atoms with E-state index in [1.54, 1.807) is 12.1 Å². The van der Waals surface area contributed by atoms with E-state index in [0.29, 0.717) is 16.4 Å². The van der Waals surface area contributed by atoms with Gasteiger partial charge in [-0.25, -0.2) is 0 Å². The monoisotopic (exact) mass is 244 g/mol. The van der Waals surface area contributed by atoms with E-state index in [0.717, 1.165) is 11.3 Å². The van der Waals surface area contributed by atoms with E-state index >= 15 is 0 Å². The Bertz CT molecular complexity index is 589. The molecule has 1 aromatic carbocycles. The summed E-state index contributed by atoms with van der Waals surface area (Å²) in [6.45, 7) is 1.95. The van der Waals surface area contributed by atoms with Crippen LogP contribution in [0.2, 0.25) is 5.02 Å². The lowest BCUT2D eigenvalue weighted by Crippen LogP contribution is -1.99. The van der Waals surface area contributed by atoms with Crippen molar-refractivity contribution in [1.29, 1.82) is 5.26 Å². The minimum Gasteiger partial charge on any atom is -0.337 e. The van der Waals surface area contributed by atoms with E-state index in [-0.39, 0.29) is 0 Å². The molecule has 2 aromatic rings. The number of aryl methyl sites for hydroxylation is 1. The smallest absolute Gasteiger partial charge is 0.171 e. The van der Waals surface area contributed by atoms with Gasteiger partial charge in [0.2, 0.25) is 0 Å². The first-order valence-corrected chi connectivity index (χ1v) is 5.33. The molecule has 0 saturated carbocycles. The van der Waals surface area contributed by atoms with Crippen LogP contribution >= 0.6 is 11.6 Å². The van der Waals surface area contributed by atoms with Crippen molar-refractivity contribution < 1.29 is 0 Å². The number of nitrogens with zero attached hydrogens (tertiary/aromatic N) is 3. The van der Waals surface area contributed by atoms with Gasteiger partial charge >= 0.3 is 0 Å². The minimum atomic E-state index is 0.431. The number of benzene rings is 1. The van der Waals surface area contributed by atoms with Crippen LogP contribution < -0.4 is 5.32 Å². The fraction of sp³-hybridized carbons (Fsp3) is 0.0833. The molecular weight excluding hydrogens is 236 g/mol. The van der Waals surface area contributed by atoms with Gasteiger partial charge in [-0.2, -0.15) is 10.4 Å². The number of anilines is 2. The van der Waals surface area contributed by atoms with Crippen molar-refractivity contribution >= 4 is 23.1 Å². The molecule has 2 rings (SSSR count). The van der Waals surface area contributed by atoms with Crippen LogP contribution in [0.5, 0.6) is 0 Å². The van der Waals surface area contributed by atoms with E-state index in [1.807, 2.05) is 19.1 Å². The van der Waals surface area contributed by atoms with Crippen LogP contribution in [0.4, 0.5) is 11.5 Å². The maximum atomic E-state index is 8.94. The van der Waals surface area contributed by atoms with E-state index in [2.05, 4.69) is 21.6 Å². The topological polar surface area (TPSA) is 61.6 Å². The summed E-state index contributed by atoms with van der Waals surface area (Å²) in [5, 5.41) is 20.2. The van der Waals surface area contributed by atoms with Crippen molar-refractivity contribution in [2.75, 3.05) is 5.32 Å². The molecule has 17 heavy (non-hydrogen) atoms. The van der Waals surface area contributed by atoms with Gasteiger partial charge in [-0.1, -0.05) is 17.7 Å². The second kappa shape index (κ2) is 4.81. The molecular formula is C12H9ClN4. The molecule has 5 heteroatoms. The molecule has 84 valence electrons. The lowest BCUT2D eigenvalue weighted by atomic mass is 10.2. The molecule has 0 atom stereocenters. The number of hydrogen-bond acceptors (Lipinski definition) is 4. The SMILES string of the molecule is Cc1ccc(Cl)cc1Nc1nnccc1C#N. The van der Waals surface area contributed by atoms with Gasteiger partial charge in [0, 0.05) is 10.7 Å². The minimum absolute atomic E-state index is 0.431.